The standard InChI is InChI=1S/C24H21NO4/c1-4-8-23(26)29-22-14-18-10-7-6-9-17(18)13-20(22)24(27)25-19-12-11-16(5-2)21(15-19)28-3/h2,6-7,9-15H,4,8H2,1,3H3,(H,25,27). The van der Waals surface area contributed by atoms with Gasteiger partial charge in [0.2, 0.25) is 0 Å². The number of methoxy groups -OCH3 is 1. The van der Waals surface area contributed by atoms with Crippen LogP contribution in [0.1, 0.15) is 35.7 Å². The Morgan fingerprint density at radius 2 is 1.76 bits per heavy atom. The molecule has 3 aromatic carbocycles. The number of esters is 1. The number of fused-ring (bicyclic) bond motifs is 1. The highest BCUT2D eigenvalue weighted by Gasteiger charge is 2.17. The van der Waals surface area contributed by atoms with Crippen LogP contribution < -0.4 is 14.8 Å². The van der Waals surface area contributed by atoms with Crippen molar-refractivity contribution in [3.05, 3.63) is 65.7 Å². The van der Waals surface area contributed by atoms with E-state index in [9.17, 15) is 9.59 Å². The van der Waals surface area contributed by atoms with Crippen LogP contribution >= 0.6 is 0 Å². The predicted molar refractivity (Wildman–Crippen MR) is 113 cm³/mol. The van der Waals surface area contributed by atoms with Gasteiger partial charge in [-0.05, 0) is 41.5 Å². The molecule has 0 aliphatic carbocycles. The van der Waals surface area contributed by atoms with Crippen LogP contribution in [-0.2, 0) is 4.79 Å². The second-order valence-electron chi connectivity index (χ2n) is 6.43. The summed E-state index contributed by atoms with van der Waals surface area (Å²) in [6.45, 7) is 1.89. The molecular formula is C24H21NO4. The first kappa shape index (κ1) is 20.0. The molecule has 0 bridgehead atoms. The predicted octanol–water partition coefficient (Wildman–Crippen LogP) is 4.79. The Morgan fingerprint density at radius 1 is 1.03 bits per heavy atom. The highest BCUT2D eigenvalue weighted by Crippen LogP contribution is 2.29. The molecule has 0 radical (unpaired) electrons. The SMILES string of the molecule is C#Cc1ccc(NC(=O)c2cc3ccccc3cc2OC(=O)CCC)cc1OC. The molecule has 0 fully saturated rings. The third-order valence-electron chi connectivity index (χ3n) is 4.39. The van der Waals surface area contributed by atoms with Crippen LogP contribution in [-0.4, -0.2) is 19.0 Å². The van der Waals surface area contributed by atoms with Crippen LogP contribution in [0.3, 0.4) is 0 Å². The van der Waals surface area contributed by atoms with Gasteiger partial charge in [0.05, 0.1) is 18.2 Å². The van der Waals surface area contributed by atoms with E-state index in [-0.39, 0.29) is 23.7 Å². The van der Waals surface area contributed by atoms with Gasteiger partial charge >= 0.3 is 5.97 Å². The van der Waals surface area contributed by atoms with Gasteiger partial charge < -0.3 is 14.8 Å². The van der Waals surface area contributed by atoms with Gasteiger partial charge in [-0.25, -0.2) is 0 Å². The fourth-order valence-electron chi connectivity index (χ4n) is 2.95. The molecule has 0 unspecified atom stereocenters. The number of hydrogen-bond acceptors (Lipinski definition) is 4. The van der Waals surface area contributed by atoms with E-state index in [1.54, 1.807) is 30.3 Å². The molecule has 29 heavy (non-hydrogen) atoms. The third-order valence-corrected chi connectivity index (χ3v) is 4.39. The second kappa shape index (κ2) is 8.94. The third kappa shape index (κ3) is 4.56. The highest BCUT2D eigenvalue weighted by atomic mass is 16.5. The van der Waals surface area contributed by atoms with Crippen molar-refractivity contribution < 1.29 is 19.1 Å². The Morgan fingerprint density at radius 3 is 2.41 bits per heavy atom. The van der Waals surface area contributed by atoms with Crippen molar-refractivity contribution in [2.75, 3.05) is 12.4 Å². The molecule has 3 rings (SSSR count). The maximum Gasteiger partial charge on any atom is 0.311 e. The zero-order chi connectivity index (χ0) is 20.8. The first-order chi connectivity index (χ1) is 14.0. The van der Waals surface area contributed by atoms with Crippen molar-refractivity contribution in [2.24, 2.45) is 0 Å². The Balaban J connectivity index is 1.97. The van der Waals surface area contributed by atoms with E-state index in [2.05, 4.69) is 11.2 Å². The average molecular weight is 387 g/mol. The monoisotopic (exact) mass is 387 g/mol. The first-order valence-electron chi connectivity index (χ1n) is 9.25. The minimum atomic E-state index is -0.398. The Bertz CT molecular complexity index is 1110. The molecule has 1 amide bonds. The average Bonchev–Trinajstić information content (AvgIpc) is 2.73. The maximum atomic E-state index is 13.0. The Kier molecular flexibility index (Phi) is 6.16. The van der Waals surface area contributed by atoms with Crippen LogP contribution in [0.25, 0.3) is 10.8 Å². The molecule has 146 valence electrons. The quantitative estimate of drug-likeness (QED) is 0.375. The lowest BCUT2D eigenvalue weighted by atomic mass is 10.0. The molecule has 0 saturated heterocycles. The van der Waals surface area contributed by atoms with E-state index in [0.29, 0.717) is 23.4 Å². The minimum Gasteiger partial charge on any atom is -0.495 e. The van der Waals surface area contributed by atoms with E-state index in [1.807, 2.05) is 31.2 Å². The number of ether oxygens (including phenoxy) is 2. The topological polar surface area (TPSA) is 64.6 Å². The Labute approximate surface area is 169 Å². The molecule has 5 heteroatoms. The summed E-state index contributed by atoms with van der Waals surface area (Å²) in [5.74, 6) is 2.46. The summed E-state index contributed by atoms with van der Waals surface area (Å²) >= 11 is 0. The zero-order valence-corrected chi connectivity index (χ0v) is 16.3. The summed E-state index contributed by atoms with van der Waals surface area (Å²) in [5.41, 5.74) is 1.38. The fraction of sp³-hybridized carbons (Fsp3) is 0.167. The summed E-state index contributed by atoms with van der Waals surface area (Å²) < 4.78 is 10.7. The zero-order valence-electron chi connectivity index (χ0n) is 16.3. The molecule has 0 atom stereocenters. The van der Waals surface area contributed by atoms with Crippen LogP contribution in [0.15, 0.2) is 54.6 Å². The van der Waals surface area contributed by atoms with E-state index in [0.717, 1.165) is 10.8 Å². The van der Waals surface area contributed by atoms with E-state index < -0.39 is 5.91 Å². The minimum absolute atomic E-state index is 0.229. The molecule has 0 heterocycles. The van der Waals surface area contributed by atoms with Crippen molar-refractivity contribution in [3.8, 4) is 23.8 Å². The summed E-state index contributed by atoms with van der Waals surface area (Å²) in [7, 11) is 1.51. The van der Waals surface area contributed by atoms with Crippen LogP contribution in [0.4, 0.5) is 5.69 Å². The molecular weight excluding hydrogens is 366 g/mol. The van der Waals surface area contributed by atoms with Crippen molar-refractivity contribution in [2.45, 2.75) is 19.8 Å². The summed E-state index contributed by atoms with van der Waals surface area (Å²) in [4.78, 5) is 25.0. The second-order valence-corrected chi connectivity index (χ2v) is 6.43. The van der Waals surface area contributed by atoms with Crippen molar-refractivity contribution >= 4 is 28.3 Å². The molecule has 1 N–H and O–H groups in total. The van der Waals surface area contributed by atoms with Crippen LogP contribution in [0.5, 0.6) is 11.5 Å². The van der Waals surface area contributed by atoms with Crippen molar-refractivity contribution in [3.63, 3.8) is 0 Å². The number of nitrogens with one attached hydrogen (secondary N) is 1. The largest absolute Gasteiger partial charge is 0.495 e. The molecule has 0 spiro atoms. The lowest BCUT2D eigenvalue weighted by molar-refractivity contribution is -0.134. The summed E-state index contributed by atoms with van der Waals surface area (Å²) in [6, 6.07) is 16.0. The van der Waals surface area contributed by atoms with E-state index in [1.165, 1.54) is 7.11 Å². The van der Waals surface area contributed by atoms with Crippen molar-refractivity contribution in [1.29, 1.82) is 0 Å². The Hall–Kier alpha value is -3.78. The number of carbonyl (C=O) groups excluding carboxylic acids is 2. The van der Waals surface area contributed by atoms with Crippen molar-refractivity contribution in [1.82, 2.24) is 0 Å². The van der Waals surface area contributed by atoms with Gasteiger partial charge in [-0.15, -0.1) is 6.42 Å². The number of anilines is 1. The van der Waals surface area contributed by atoms with Gasteiger partial charge in [0, 0.05) is 18.2 Å². The number of benzene rings is 3. The normalized spacial score (nSPS) is 10.2. The van der Waals surface area contributed by atoms with E-state index >= 15 is 0 Å². The van der Waals surface area contributed by atoms with Gasteiger partial charge in [0.25, 0.3) is 5.91 Å². The first-order valence-corrected chi connectivity index (χ1v) is 9.25. The number of rotatable bonds is 6. The highest BCUT2D eigenvalue weighted by molar-refractivity contribution is 6.09. The van der Waals surface area contributed by atoms with Crippen LogP contribution in [0.2, 0.25) is 0 Å². The number of terminal acetylenes is 1. The van der Waals surface area contributed by atoms with E-state index in [4.69, 9.17) is 15.9 Å². The number of carbonyl (C=O) groups is 2. The lowest BCUT2D eigenvalue weighted by Gasteiger charge is -2.13. The summed E-state index contributed by atoms with van der Waals surface area (Å²) in [6.07, 6.45) is 6.38. The lowest BCUT2D eigenvalue weighted by Crippen LogP contribution is -2.16. The van der Waals surface area contributed by atoms with Gasteiger partial charge in [0.1, 0.15) is 11.5 Å². The smallest absolute Gasteiger partial charge is 0.311 e. The van der Waals surface area contributed by atoms with Gasteiger partial charge in [0.15, 0.2) is 0 Å². The molecule has 0 aromatic heterocycles. The molecule has 0 aliphatic rings. The summed E-state index contributed by atoms with van der Waals surface area (Å²) in [5, 5.41) is 4.56. The fourth-order valence-corrected chi connectivity index (χ4v) is 2.95. The number of hydrogen-bond donors (Lipinski definition) is 1. The molecule has 0 saturated carbocycles. The van der Waals surface area contributed by atoms with Gasteiger partial charge in [-0.3, -0.25) is 9.59 Å². The van der Waals surface area contributed by atoms with Gasteiger partial charge in [-0.1, -0.05) is 37.1 Å². The molecule has 3 aromatic rings. The molecule has 0 aliphatic heterocycles. The van der Waals surface area contributed by atoms with Gasteiger partial charge in [-0.2, -0.15) is 0 Å². The maximum absolute atomic E-state index is 13.0. The number of amides is 1. The van der Waals surface area contributed by atoms with Crippen LogP contribution in [0, 0.1) is 12.3 Å². The molecule has 5 nitrogen and oxygen atoms in total.